The molecule has 0 aromatic carbocycles. The quantitative estimate of drug-likeness (QED) is 0.668. The highest BCUT2D eigenvalue weighted by Gasteiger charge is 2.30. The molecule has 0 N–H and O–H groups in total. The van der Waals surface area contributed by atoms with Gasteiger partial charge < -0.3 is 4.90 Å². The van der Waals surface area contributed by atoms with Crippen LogP contribution in [0.15, 0.2) is 18.7 Å². The zero-order chi connectivity index (χ0) is 9.26. The van der Waals surface area contributed by atoms with Crippen molar-refractivity contribution in [3.63, 3.8) is 0 Å². The van der Waals surface area contributed by atoms with Crippen LogP contribution in [0.3, 0.4) is 0 Å². The average Bonchev–Trinajstić information content (AvgIpc) is 3.00. The maximum atomic E-state index is 11.7. The van der Waals surface area contributed by atoms with Gasteiger partial charge in [0, 0.05) is 25.5 Å². The summed E-state index contributed by atoms with van der Waals surface area (Å²) in [7, 11) is 1.83. The summed E-state index contributed by atoms with van der Waals surface area (Å²) < 4.78 is 0. The van der Waals surface area contributed by atoms with Crippen LogP contribution < -0.4 is 0 Å². The Morgan fingerprint density at radius 2 is 2.08 bits per heavy atom. The third-order valence-electron chi connectivity index (χ3n) is 2.22. The van der Waals surface area contributed by atoms with Crippen molar-refractivity contribution >= 4 is 5.91 Å². The average molecular weight is 177 g/mol. The summed E-state index contributed by atoms with van der Waals surface area (Å²) in [6.07, 6.45) is 6.77. The molecule has 0 spiro atoms. The number of carbonyl (C=O) groups is 1. The lowest BCUT2D eigenvalue weighted by Gasteiger charge is -2.15. The van der Waals surface area contributed by atoms with Gasteiger partial charge in [-0.15, -0.1) is 0 Å². The van der Waals surface area contributed by atoms with Crippen LogP contribution in [0.4, 0.5) is 0 Å². The van der Waals surface area contributed by atoms with E-state index in [4.69, 9.17) is 0 Å². The molecule has 2 rings (SSSR count). The largest absolute Gasteiger partial charge is 0.339 e. The lowest BCUT2D eigenvalue weighted by Crippen LogP contribution is -2.28. The first kappa shape index (κ1) is 8.16. The number of hydrogen-bond donors (Lipinski definition) is 0. The van der Waals surface area contributed by atoms with Crippen LogP contribution in [0.5, 0.6) is 0 Å². The fraction of sp³-hybridized carbons (Fsp3) is 0.444. The molecule has 4 nitrogen and oxygen atoms in total. The number of nitrogens with zero attached hydrogens (tertiary/aromatic N) is 3. The van der Waals surface area contributed by atoms with Crippen molar-refractivity contribution < 1.29 is 4.79 Å². The Morgan fingerprint density at radius 3 is 2.62 bits per heavy atom. The van der Waals surface area contributed by atoms with Crippen LogP contribution in [0.2, 0.25) is 0 Å². The molecular formula is C9H11N3O. The van der Waals surface area contributed by atoms with Gasteiger partial charge in [-0.2, -0.15) is 0 Å². The van der Waals surface area contributed by atoms with Gasteiger partial charge in [-0.25, -0.2) is 9.97 Å². The number of hydrogen-bond acceptors (Lipinski definition) is 3. The summed E-state index contributed by atoms with van der Waals surface area (Å²) in [4.78, 5) is 21.1. The third kappa shape index (κ3) is 1.66. The predicted molar refractivity (Wildman–Crippen MR) is 47.1 cm³/mol. The van der Waals surface area contributed by atoms with Crippen LogP contribution in [-0.4, -0.2) is 33.9 Å². The topological polar surface area (TPSA) is 46.1 Å². The smallest absolute Gasteiger partial charge is 0.256 e. The number of amides is 1. The second-order valence-electron chi connectivity index (χ2n) is 3.27. The number of aromatic nitrogens is 2. The Labute approximate surface area is 76.6 Å². The second-order valence-corrected chi connectivity index (χ2v) is 3.27. The van der Waals surface area contributed by atoms with E-state index < -0.39 is 0 Å². The summed E-state index contributed by atoms with van der Waals surface area (Å²) >= 11 is 0. The van der Waals surface area contributed by atoms with E-state index in [0.717, 1.165) is 12.8 Å². The van der Waals surface area contributed by atoms with Gasteiger partial charge in [0.2, 0.25) is 0 Å². The van der Waals surface area contributed by atoms with Crippen molar-refractivity contribution in [2.45, 2.75) is 18.9 Å². The molecule has 0 bridgehead atoms. The molecule has 0 saturated heterocycles. The minimum Gasteiger partial charge on any atom is -0.339 e. The highest BCUT2D eigenvalue weighted by Crippen LogP contribution is 2.26. The second kappa shape index (κ2) is 3.12. The maximum Gasteiger partial charge on any atom is 0.256 e. The molecule has 1 aromatic heterocycles. The lowest BCUT2D eigenvalue weighted by atomic mass is 10.3. The van der Waals surface area contributed by atoms with Gasteiger partial charge in [-0.1, -0.05) is 0 Å². The SMILES string of the molecule is CN(C(=O)c1cncnc1)C1CC1. The molecule has 1 amide bonds. The van der Waals surface area contributed by atoms with Gasteiger partial charge in [0.05, 0.1) is 5.56 Å². The summed E-state index contributed by atoms with van der Waals surface area (Å²) in [6, 6.07) is 0.438. The predicted octanol–water partition coefficient (Wildman–Crippen LogP) is 0.711. The van der Waals surface area contributed by atoms with E-state index >= 15 is 0 Å². The zero-order valence-electron chi connectivity index (χ0n) is 7.47. The Hall–Kier alpha value is -1.45. The maximum absolute atomic E-state index is 11.7. The molecular weight excluding hydrogens is 166 g/mol. The van der Waals surface area contributed by atoms with Gasteiger partial charge in [-0.3, -0.25) is 4.79 Å². The fourth-order valence-corrected chi connectivity index (χ4v) is 1.24. The van der Waals surface area contributed by atoms with E-state index in [0.29, 0.717) is 11.6 Å². The molecule has 0 aliphatic heterocycles. The van der Waals surface area contributed by atoms with Crippen molar-refractivity contribution in [1.29, 1.82) is 0 Å². The molecule has 0 radical (unpaired) electrons. The Morgan fingerprint density at radius 1 is 1.46 bits per heavy atom. The zero-order valence-corrected chi connectivity index (χ0v) is 7.47. The van der Waals surface area contributed by atoms with Gasteiger partial charge in [-0.05, 0) is 12.8 Å². The van der Waals surface area contributed by atoms with Gasteiger partial charge >= 0.3 is 0 Å². The molecule has 68 valence electrons. The first-order valence-electron chi connectivity index (χ1n) is 4.31. The standard InChI is InChI=1S/C9H11N3O/c1-12(8-2-3-8)9(13)7-4-10-6-11-5-7/h4-6,8H,2-3H2,1H3. The molecule has 1 heterocycles. The van der Waals surface area contributed by atoms with E-state index in [-0.39, 0.29) is 5.91 Å². The van der Waals surface area contributed by atoms with E-state index in [1.807, 2.05) is 7.05 Å². The molecule has 4 heteroatoms. The highest BCUT2D eigenvalue weighted by atomic mass is 16.2. The van der Waals surface area contributed by atoms with Crippen LogP contribution >= 0.6 is 0 Å². The van der Waals surface area contributed by atoms with Gasteiger partial charge in [0.1, 0.15) is 6.33 Å². The molecule has 1 saturated carbocycles. The molecule has 1 aliphatic carbocycles. The van der Waals surface area contributed by atoms with Crippen LogP contribution in [0.25, 0.3) is 0 Å². The van der Waals surface area contributed by atoms with Crippen molar-refractivity contribution in [3.05, 3.63) is 24.3 Å². The van der Waals surface area contributed by atoms with Gasteiger partial charge in [0.15, 0.2) is 0 Å². The molecule has 1 aliphatic rings. The highest BCUT2D eigenvalue weighted by molar-refractivity contribution is 5.93. The fourth-order valence-electron chi connectivity index (χ4n) is 1.24. The van der Waals surface area contributed by atoms with E-state index in [9.17, 15) is 4.79 Å². The number of carbonyl (C=O) groups excluding carboxylic acids is 1. The molecule has 0 atom stereocenters. The summed E-state index contributed by atoms with van der Waals surface area (Å²) in [5.41, 5.74) is 0.567. The Balaban J connectivity index is 2.12. The van der Waals surface area contributed by atoms with E-state index in [2.05, 4.69) is 9.97 Å². The minimum absolute atomic E-state index is 0.0168. The third-order valence-corrected chi connectivity index (χ3v) is 2.22. The summed E-state index contributed by atoms with van der Waals surface area (Å²) in [5.74, 6) is 0.0168. The van der Waals surface area contributed by atoms with Crippen LogP contribution in [-0.2, 0) is 0 Å². The van der Waals surface area contributed by atoms with Crippen molar-refractivity contribution in [3.8, 4) is 0 Å². The normalized spacial score (nSPS) is 15.5. The molecule has 1 aromatic rings. The lowest BCUT2D eigenvalue weighted by molar-refractivity contribution is 0.0784. The molecule has 0 unspecified atom stereocenters. The number of rotatable bonds is 2. The van der Waals surface area contributed by atoms with E-state index in [1.54, 1.807) is 17.3 Å². The van der Waals surface area contributed by atoms with Gasteiger partial charge in [0.25, 0.3) is 5.91 Å². The minimum atomic E-state index is 0.0168. The van der Waals surface area contributed by atoms with Crippen molar-refractivity contribution in [1.82, 2.24) is 14.9 Å². The first-order chi connectivity index (χ1) is 6.29. The summed E-state index contributed by atoms with van der Waals surface area (Å²) in [6.45, 7) is 0. The molecule has 1 fully saturated rings. The van der Waals surface area contributed by atoms with Crippen molar-refractivity contribution in [2.75, 3.05) is 7.05 Å². The van der Waals surface area contributed by atoms with E-state index in [1.165, 1.54) is 6.33 Å². The molecule has 13 heavy (non-hydrogen) atoms. The van der Waals surface area contributed by atoms with Crippen LogP contribution in [0, 0.1) is 0 Å². The van der Waals surface area contributed by atoms with Crippen molar-refractivity contribution in [2.24, 2.45) is 0 Å². The summed E-state index contributed by atoms with van der Waals surface area (Å²) in [5, 5.41) is 0. The monoisotopic (exact) mass is 177 g/mol. The van der Waals surface area contributed by atoms with Crippen LogP contribution in [0.1, 0.15) is 23.2 Å². The first-order valence-corrected chi connectivity index (χ1v) is 4.31. The Kier molecular flexibility index (Phi) is 1.96. The Bertz CT molecular complexity index is 308.